The van der Waals surface area contributed by atoms with Crippen LogP contribution in [-0.2, 0) is 0 Å². The van der Waals surface area contributed by atoms with E-state index in [0.29, 0.717) is 33.3 Å². The number of aryl methyl sites for hydroxylation is 1. The van der Waals surface area contributed by atoms with Gasteiger partial charge in [-0.05, 0) is 24.6 Å². The lowest BCUT2D eigenvalue weighted by Crippen LogP contribution is -2.21. The monoisotopic (exact) mass is 388 g/mol. The molecule has 6 heteroatoms. The van der Waals surface area contributed by atoms with Gasteiger partial charge in [0.2, 0.25) is 0 Å². The van der Waals surface area contributed by atoms with Gasteiger partial charge in [0.15, 0.2) is 11.6 Å². The van der Waals surface area contributed by atoms with Crippen LogP contribution in [0.2, 0.25) is 0 Å². The standard InChI is InChI=1S/C21H12N2O2S2/c1-11-6-2-5-9-15(11)26-16-10-14-17(19-18(16)22-27-23-19)21(25)13-8-4-3-7-12(13)20(14)24/h2-10H,1H3. The third-order valence-electron chi connectivity index (χ3n) is 4.71. The zero-order valence-corrected chi connectivity index (χ0v) is 15.9. The predicted molar refractivity (Wildman–Crippen MR) is 106 cm³/mol. The SMILES string of the molecule is Cc1ccccc1Sc1cc2c(c3nsnc13)C(=O)c1ccccc1C2=O. The number of hydrogen-bond acceptors (Lipinski definition) is 6. The van der Waals surface area contributed by atoms with Gasteiger partial charge in [-0.1, -0.05) is 54.2 Å². The fourth-order valence-electron chi connectivity index (χ4n) is 3.35. The second-order valence-electron chi connectivity index (χ2n) is 6.33. The first kappa shape index (κ1) is 16.4. The molecular formula is C21H12N2O2S2. The number of fused-ring (bicyclic) bond motifs is 4. The van der Waals surface area contributed by atoms with Crippen LogP contribution in [0.4, 0.5) is 0 Å². The molecule has 0 atom stereocenters. The zero-order chi connectivity index (χ0) is 18.5. The molecule has 0 saturated heterocycles. The van der Waals surface area contributed by atoms with Gasteiger partial charge < -0.3 is 0 Å². The Kier molecular flexibility index (Phi) is 3.70. The van der Waals surface area contributed by atoms with Crippen molar-refractivity contribution in [2.24, 2.45) is 0 Å². The lowest BCUT2D eigenvalue weighted by molar-refractivity contribution is 0.0980. The van der Waals surface area contributed by atoms with Crippen molar-refractivity contribution in [1.29, 1.82) is 0 Å². The van der Waals surface area contributed by atoms with Gasteiger partial charge in [-0.15, -0.1) is 0 Å². The van der Waals surface area contributed by atoms with E-state index < -0.39 is 0 Å². The first-order valence-corrected chi connectivity index (χ1v) is 9.91. The van der Waals surface area contributed by atoms with E-state index in [0.717, 1.165) is 27.1 Å². The Balaban J connectivity index is 1.75. The van der Waals surface area contributed by atoms with E-state index in [1.165, 1.54) is 0 Å². The van der Waals surface area contributed by atoms with Crippen LogP contribution in [0.5, 0.6) is 0 Å². The quantitative estimate of drug-likeness (QED) is 0.429. The molecule has 27 heavy (non-hydrogen) atoms. The predicted octanol–water partition coefficient (Wildman–Crippen LogP) is 4.93. The third-order valence-corrected chi connectivity index (χ3v) is 6.44. The number of aromatic nitrogens is 2. The minimum absolute atomic E-state index is 0.137. The summed E-state index contributed by atoms with van der Waals surface area (Å²) >= 11 is 2.61. The number of carbonyl (C=O) groups excluding carboxylic acids is 2. The van der Waals surface area contributed by atoms with Crippen molar-refractivity contribution in [3.05, 3.63) is 82.4 Å². The first-order valence-electron chi connectivity index (χ1n) is 8.36. The molecule has 1 aliphatic rings. The molecule has 0 N–H and O–H groups in total. The molecule has 5 rings (SSSR count). The second-order valence-corrected chi connectivity index (χ2v) is 7.94. The first-order chi connectivity index (χ1) is 13.1. The zero-order valence-electron chi connectivity index (χ0n) is 14.2. The van der Waals surface area contributed by atoms with Gasteiger partial charge >= 0.3 is 0 Å². The molecule has 0 spiro atoms. The van der Waals surface area contributed by atoms with Gasteiger partial charge in [-0.25, -0.2) is 0 Å². The Morgan fingerprint density at radius 1 is 0.778 bits per heavy atom. The number of carbonyl (C=O) groups is 2. The van der Waals surface area contributed by atoms with Gasteiger partial charge in [0.1, 0.15) is 11.0 Å². The Labute approximate surface area is 163 Å². The summed E-state index contributed by atoms with van der Waals surface area (Å²) in [5.74, 6) is -0.299. The van der Waals surface area contributed by atoms with Crippen LogP contribution >= 0.6 is 23.5 Å². The highest BCUT2D eigenvalue weighted by Crippen LogP contribution is 2.40. The average molecular weight is 388 g/mol. The Hall–Kier alpha value is -2.83. The molecule has 1 heterocycles. The van der Waals surface area contributed by atoms with Crippen molar-refractivity contribution in [2.45, 2.75) is 16.7 Å². The van der Waals surface area contributed by atoms with Crippen molar-refractivity contribution < 1.29 is 9.59 Å². The highest BCUT2D eigenvalue weighted by Gasteiger charge is 2.33. The van der Waals surface area contributed by atoms with Crippen molar-refractivity contribution >= 4 is 46.1 Å². The molecule has 0 aliphatic heterocycles. The minimum atomic E-state index is -0.162. The highest BCUT2D eigenvalue weighted by molar-refractivity contribution is 7.99. The summed E-state index contributed by atoms with van der Waals surface area (Å²) < 4.78 is 8.77. The summed E-state index contributed by atoms with van der Waals surface area (Å²) in [5.41, 5.74) is 4.00. The van der Waals surface area contributed by atoms with Gasteiger partial charge in [0, 0.05) is 26.5 Å². The van der Waals surface area contributed by atoms with Crippen LogP contribution in [0.1, 0.15) is 37.4 Å². The molecule has 0 saturated carbocycles. The van der Waals surface area contributed by atoms with E-state index in [4.69, 9.17) is 0 Å². The smallest absolute Gasteiger partial charge is 0.196 e. The summed E-state index contributed by atoms with van der Waals surface area (Å²) in [4.78, 5) is 28.1. The number of hydrogen-bond donors (Lipinski definition) is 0. The van der Waals surface area contributed by atoms with Crippen LogP contribution in [0.15, 0.2) is 64.4 Å². The molecule has 1 aliphatic carbocycles. The van der Waals surface area contributed by atoms with Crippen LogP contribution in [0, 0.1) is 6.92 Å². The molecule has 0 amide bonds. The van der Waals surface area contributed by atoms with E-state index in [-0.39, 0.29) is 11.6 Å². The molecule has 0 fully saturated rings. The van der Waals surface area contributed by atoms with Gasteiger partial charge in [0.25, 0.3) is 0 Å². The number of ketones is 2. The molecule has 4 aromatic rings. The molecule has 3 aromatic carbocycles. The molecule has 0 bridgehead atoms. The molecule has 1 aromatic heterocycles. The summed E-state index contributed by atoms with van der Waals surface area (Å²) in [5, 5.41) is 0. The maximum absolute atomic E-state index is 13.1. The van der Waals surface area contributed by atoms with Gasteiger partial charge in [0.05, 0.1) is 17.3 Å². The summed E-state index contributed by atoms with van der Waals surface area (Å²) in [7, 11) is 0. The van der Waals surface area contributed by atoms with Crippen molar-refractivity contribution in [3.63, 3.8) is 0 Å². The molecule has 130 valence electrons. The normalized spacial score (nSPS) is 12.9. The van der Waals surface area contributed by atoms with Crippen molar-refractivity contribution in [2.75, 3.05) is 0 Å². The lowest BCUT2D eigenvalue weighted by Gasteiger charge is -2.18. The number of rotatable bonds is 2. The second kappa shape index (κ2) is 6.11. The molecule has 0 unspecified atom stereocenters. The minimum Gasteiger partial charge on any atom is -0.289 e. The van der Waals surface area contributed by atoms with Gasteiger partial charge in [-0.3, -0.25) is 9.59 Å². The average Bonchev–Trinajstić information content (AvgIpc) is 3.18. The molecule has 4 nitrogen and oxygen atoms in total. The Morgan fingerprint density at radius 2 is 1.44 bits per heavy atom. The lowest BCUT2D eigenvalue weighted by atomic mass is 9.83. The Morgan fingerprint density at radius 3 is 2.22 bits per heavy atom. The third kappa shape index (κ3) is 2.44. The van der Waals surface area contributed by atoms with Crippen LogP contribution in [0.25, 0.3) is 11.0 Å². The Bertz CT molecular complexity index is 1260. The fraction of sp³-hybridized carbons (Fsp3) is 0.0476. The maximum Gasteiger partial charge on any atom is 0.196 e. The van der Waals surface area contributed by atoms with Crippen molar-refractivity contribution in [1.82, 2.24) is 8.75 Å². The topological polar surface area (TPSA) is 59.9 Å². The number of nitrogens with zero attached hydrogens (tertiary/aromatic N) is 2. The summed E-state index contributed by atoms with van der Waals surface area (Å²) in [6, 6.07) is 16.8. The van der Waals surface area contributed by atoms with Crippen LogP contribution in [0.3, 0.4) is 0 Å². The number of benzene rings is 3. The van der Waals surface area contributed by atoms with E-state index in [1.807, 2.05) is 31.2 Å². The van der Waals surface area contributed by atoms with E-state index in [2.05, 4.69) is 8.75 Å². The maximum atomic E-state index is 13.1. The highest BCUT2D eigenvalue weighted by atomic mass is 32.2. The van der Waals surface area contributed by atoms with E-state index >= 15 is 0 Å². The van der Waals surface area contributed by atoms with Crippen molar-refractivity contribution in [3.8, 4) is 0 Å². The van der Waals surface area contributed by atoms with Crippen LogP contribution < -0.4 is 0 Å². The molecule has 0 radical (unpaired) electrons. The largest absolute Gasteiger partial charge is 0.289 e. The van der Waals surface area contributed by atoms with Gasteiger partial charge in [-0.2, -0.15) is 8.75 Å². The van der Waals surface area contributed by atoms with Crippen LogP contribution in [-0.4, -0.2) is 20.3 Å². The van der Waals surface area contributed by atoms with E-state index in [1.54, 1.807) is 42.1 Å². The molecular weight excluding hydrogens is 376 g/mol. The summed E-state index contributed by atoms with van der Waals surface area (Å²) in [6.45, 7) is 2.04. The fourth-order valence-corrected chi connectivity index (χ4v) is 5.00. The summed E-state index contributed by atoms with van der Waals surface area (Å²) in [6.07, 6.45) is 0. The van der Waals surface area contributed by atoms with E-state index in [9.17, 15) is 9.59 Å².